The van der Waals surface area contributed by atoms with Gasteiger partial charge in [-0.2, -0.15) is 0 Å². The molecule has 2 aliphatic rings. The van der Waals surface area contributed by atoms with E-state index in [4.69, 9.17) is 10.9 Å². The number of oxime groups is 1. The highest BCUT2D eigenvalue weighted by atomic mass is 16.5. The second-order valence-corrected chi connectivity index (χ2v) is 5.65. The number of rotatable bonds is 3. The molecule has 8 heteroatoms. The Balaban J connectivity index is 2.05. The maximum Gasteiger partial charge on any atom is 0.407 e. The lowest BCUT2D eigenvalue weighted by atomic mass is 9.83. The Labute approximate surface area is 123 Å². The van der Waals surface area contributed by atoms with Crippen molar-refractivity contribution in [2.75, 3.05) is 20.2 Å². The van der Waals surface area contributed by atoms with E-state index in [9.17, 15) is 9.59 Å². The number of ether oxygens (including phenoxy) is 1. The van der Waals surface area contributed by atoms with Crippen LogP contribution in [-0.2, 0) is 9.53 Å². The van der Waals surface area contributed by atoms with Crippen molar-refractivity contribution in [3.8, 4) is 0 Å². The van der Waals surface area contributed by atoms with E-state index < -0.39 is 11.5 Å². The fraction of sp³-hybridized carbons (Fsp3) is 0.769. The third-order valence-electron chi connectivity index (χ3n) is 4.45. The maximum atomic E-state index is 12.8. The molecular weight excluding hydrogens is 276 g/mol. The van der Waals surface area contributed by atoms with Crippen LogP contribution < -0.4 is 11.1 Å². The number of carbonyl (C=O) groups is 2. The van der Waals surface area contributed by atoms with E-state index >= 15 is 0 Å². The molecule has 21 heavy (non-hydrogen) atoms. The van der Waals surface area contributed by atoms with E-state index in [2.05, 4.69) is 15.2 Å². The SMILES string of the molecule is COC(=O)NC1CCN(C(=O)C2(C(N)=NO)CCCC2)C1. The van der Waals surface area contributed by atoms with Crippen LogP contribution in [0.4, 0.5) is 4.79 Å². The molecule has 1 saturated heterocycles. The lowest BCUT2D eigenvalue weighted by Gasteiger charge is -2.31. The second kappa shape index (κ2) is 6.19. The number of hydrogen-bond donors (Lipinski definition) is 3. The van der Waals surface area contributed by atoms with E-state index in [-0.39, 0.29) is 17.8 Å². The third-order valence-corrected chi connectivity index (χ3v) is 4.45. The van der Waals surface area contributed by atoms with Crippen molar-refractivity contribution in [3.63, 3.8) is 0 Å². The van der Waals surface area contributed by atoms with Crippen LogP contribution in [0.2, 0.25) is 0 Å². The molecule has 0 radical (unpaired) electrons. The summed E-state index contributed by atoms with van der Waals surface area (Å²) in [5, 5.41) is 14.7. The van der Waals surface area contributed by atoms with Gasteiger partial charge in [-0.25, -0.2) is 4.79 Å². The van der Waals surface area contributed by atoms with Gasteiger partial charge >= 0.3 is 6.09 Å². The summed E-state index contributed by atoms with van der Waals surface area (Å²) in [7, 11) is 1.30. The number of nitrogens with one attached hydrogen (secondary N) is 1. The van der Waals surface area contributed by atoms with Gasteiger partial charge in [0.15, 0.2) is 5.84 Å². The molecule has 2 fully saturated rings. The quantitative estimate of drug-likeness (QED) is 0.299. The monoisotopic (exact) mass is 298 g/mol. The molecule has 1 unspecified atom stereocenters. The van der Waals surface area contributed by atoms with Crippen molar-refractivity contribution in [1.29, 1.82) is 0 Å². The summed E-state index contributed by atoms with van der Waals surface area (Å²) in [6, 6.07) is -0.118. The standard InChI is InChI=1S/C13H22N4O4/c1-21-12(19)15-9-4-7-17(8-9)11(18)13(10(14)16-20)5-2-3-6-13/h9,20H,2-8H2,1H3,(H2,14,16)(H,15,19). The first-order chi connectivity index (χ1) is 10.0. The summed E-state index contributed by atoms with van der Waals surface area (Å²) in [5.74, 6) is -0.112. The Morgan fingerprint density at radius 1 is 1.43 bits per heavy atom. The number of methoxy groups -OCH3 is 1. The number of amidine groups is 1. The van der Waals surface area contributed by atoms with Crippen LogP contribution in [0.5, 0.6) is 0 Å². The first-order valence-corrected chi connectivity index (χ1v) is 7.15. The Kier molecular flexibility index (Phi) is 4.54. The van der Waals surface area contributed by atoms with Gasteiger partial charge in [-0.05, 0) is 19.3 Å². The molecule has 1 atom stereocenters. The second-order valence-electron chi connectivity index (χ2n) is 5.65. The molecule has 0 aromatic carbocycles. The molecule has 1 aliphatic heterocycles. The summed E-state index contributed by atoms with van der Waals surface area (Å²) in [6.07, 6.45) is 3.16. The fourth-order valence-corrected chi connectivity index (χ4v) is 3.24. The number of alkyl carbamates (subject to hydrolysis) is 1. The summed E-state index contributed by atoms with van der Waals surface area (Å²) in [4.78, 5) is 25.7. The summed E-state index contributed by atoms with van der Waals surface area (Å²) >= 11 is 0. The molecule has 118 valence electrons. The highest BCUT2D eigenvalue weighted by molar-refractivity contribution is 6.07. The minimum atomic E-state index is -0.880. The largest absolute Gasteiger partial charge is 0.453 e. The summed E-state index contributed by atoms with van der Waals surface area (Å²) in [5.41, 5.74) is 4.90. The molecule has 8 nitrogen and oxygen atoms in total. The average molecular weight is 298 g/mol. The van der Waals surface area contributed by atoms with Gasteiger partial charge in [-0.15, -0.1) is 0 Å². The van der Waals surface area contributed by atoms with Crippen LogP contribution in [0, 0.1) is 5.41 Å². The predicted molar refractivity (Wildman–Crippen MR) is 74.8 cm³/mol. The van der Waals surface area contributed by atoms with Gasteiger partial charge in [0.05, 0.1) is 13.2 Å². The molecule has 0 aromatic heterocycles. The normalized spacial score (nSPS) is 24.9. The Hall–Kier alpha value is -1.99. The molecule has 0 aromatic rings. The van der Waals surface area contributed by atoms with Crippen molar-refractivity contribution in [2.45, 2.75) is 38.1 Å². The Morgan fingerprint density at radius 2 is 2.10 bits per heavy atom. The van der Waals surface area contributed by atoms with Gasteiger partial charge in [-0.1, -0.05) is 18.0 Å². The highest BCUT2D eigenvalue weighted by Crippen LogP contribution is 2.40. The molecule has 1 saturated carbocycles. The molecule has 1 aliphatic carbocycles. The number of carbonyl (C=O) groups excluding carboxylic acids is 2. The Bertz CT molecular complexity index is 445. The Morgan fingerprint density at radius 3 is 2.67 bits per heavy atom. The predicted octanol–water partition coefficient (Wildman–Crippen LogP) is 0.250. The van der Waals surface area contributed by atoms with Crippen LogP contribution >= 0.6 is 0 Å². The summed E-state index contributed by atoms with van der Waals surface area (Å²) in [6.45, 7) is 0.975. The highest BCUT2D eigenvalue weighted by Gasteiger charge is 2.48. The van der Waals surface area contributed by atoms with Crippen molar-refractivity contribution in [1.82, 2.24) is 10.2 Å². The van der Waals surface area contributed by atoms with Gasteiger partial charge in [0.1, 0.15) is 5.41 Å². The number of likely N-dealkylation sites (tertiary alicyclic amines) is 1. The van der Waals surface area contributed by atoms with Crippen LogP contribution in [0.1, 0.15) is 32.1 Å². The molecular formula is C13H22N4O4. The third kappa shape index (κ3) is 2.88. The first-order valence-electron chi connectivity index (χ1n) is 7.15. The summed E-state index contributed by atoms with van der Waals surface area (Å²) < 4.78 is 4.56. The van der Waals surface area contributed by atoms with Gasteiger partial charge < -0.3 is 25.9 Å². The van der Waals surface area contributed by atoms with Crippen molar-refractivity contribution in [2.24, 2.45) is 16.3 Å². The minimum absolute atomic E-state index is 0.00521. The molecule has 1 heterocycles. The van der Waals surface area contributed by atoms with Crippen LogP contribution in [0.15, 0.2) is 5.16 Å². The van der Waals surface area contributed by atoms with E-state index in [1.807, 2.05) is 0 Å². The fourth-order valence-electron chi connectivity index (χ4n) is 3.24. The van der Waals surface area contributed by atoms with Gasteiger partial charge in [-0.3, -0.25) is 4.79 Å². The smallest absolute Gasteiger partial charge is 0.407 e. The number of hydrogen-bond acceptors (Lipinski definition) is 5. The van der Waals surface area contributed by atoms with Crippen LogP contribution in [0.25, 0.3) is 0 Å². The van der Waals surface area contributed by atoms with Gasteiger partial charge in [0.2, 0.25) is 5.91 Å². The molecule has 0 bridgehead atoms. The zero-order valence-corrected chi connectivity index (χ0v) is 12.2. The average Bonchev–Trinajstić information content (AvgIpc) is 3.15. The van der Waals surface area contributed by atoms with Crippen molar-refractivity contribution < 1.29 is 19.5 Å². The lowest BCUT2D eigenvalue weighted by Crippen LogP contribution is -2.50. The topological polar surface area (TPSA) is 117 Å². The van der Waals surface area contributed by atoms with E-state index in [1.165, 1.54) is 7.11 Å². The van der Waals surface area contributed by atoms with Gasteiger partial charge in [0.25, 0.3) is 0 Å². The zero-order valence-electron chi connectivity index (χ0n) is 12.2. The molecule has 2 amide bonds. The van der Waals surface area contributed by atoms with Crippen molar-refractivity contribution >= 4 is 17.8 Å². The number of nitrogens with two attached hydrogens (primary N) is 1. The maximum absolute atomic E-state index is 12.8. The van der Waals surface area contributed by atoms with E-state index in [1.54, 1.807) is 4.90 Å². The zero-order chi connectivity index (χ0) is 15.5. The van der Waals surface area contributed by atoms with E-state index in [0.29, 0.717) is 32.4 Å². The molecule has 2 rings (SSSR count). The minimum Gasteiger partial charge on any atom is -0.453 e. The van der Waals surface area contributed by atoms with Crippen LogP contribution in [-0.4, -0.2) is 54.2 Å². The molecule has 4 N–H and O–H groups in total. The lowest BCUT2D eigenvalue weighted by molar-refractivity contribution is -0.137. The van der Waals surface area contributed by atoms with Crippen LogP contribution in [0.3, 0.4) is 0 Å². The number of nitrogens with zero attached hydrogens (tertiary/aromatic N) is 2. The number of amides is 2. The first kappa shape index (κ1) is 15.4. The van der Waals surface area contributed by atoms with Gasteiger partial charge in [0, 0.05) is 13.1 Å². The molecule has 0 spiro atoms. The van der Waals surface area contributed by atoms with Crippen molar-refractivity contribution in [3.05, 3.63) is 0 Å². The van der Waals surface area contributed by atoms with E-state index in [0.717, 1.165) is 12.8 Å².